The van der Waals surface area contributed by atoms with Crippen LogP contribution in [0.5, 0.6) is 0 Å². The first-order chi connectivity index (χ1) is 13.1. The van der Waals surface area contributed by atoms with Crippen molar-refractivity contribution in [3.05, 3.63) is 42.5 Å². The Kier molecular flexibility index (Phi) is 4.99. The second kappa shape index (κ2) is 7.56. The predicted octanol–water partition coefficient (Wildman–Crippen LogP) is 2.87. The topological polar surface area (TPSA) is 63.9 Å². The van der Waals surface area contributed by atoms with Gasteiger partial charge >= 0.3 is 0 Å². The normalized spacial score (nSPS) is 18.5. The number of carbonyl (C=O) groups excluding carboxylic acids is 1. The molecule has 0 aromatic carbocycles. The number of carbonyl (C=O) groups is 1. The summed E-state index contributed by atoms with van der Waals surface area (Å²) in [6.07, 6.45) is 8.99. The SMILES string of the molecule is CN1CCCC(C(=O)Cc2cc3nc(-c4cnn(C)c4)ccc3cn2)CC1. The molecular formula is C21H25N5O. The minimum Gasteiger partial charge on any atom is -0.306 e. The molecule has 1 fully saturated rings. The lowest BCUT2D eigenvalue weighted by Gasteiger charge is -2.14. The molecule has 4 rings (SSSR count). The summed E-state index contributed by atoms with van der Waals surface area (Å²) in [5.41, 5.74) is 3.54. The van der Waals surface area contributed by atoms with Gasteiger partial charge in [0.1, 0.15) is 5.78 Å². The van der Waals surface area contributed by atoms with Gasteiger partial charge in [0.25, 0.3) is 0 Å². The number of likely N-dealkylation sites (tertiary alicyclic amines) is 1. The van der Waals surface area contributed by atoms with Crippen molar-refractivity contribution in [3.8, 4) is 11.3 Å². The summed E-state index contributed by atoms with van der Waals surface area (Å²) in [5, 5.41) is 5.19. The Morgan fingerprint density at radius 1 is 1.19 bits per heavy atom. The molecule has 1 unspecified atom stereocenters. The summed E-state index contributed by atoms with van der Waals surface area (Å²) in [4.78, 5) is 24.3. The summed E-state index contributed by atoms with van der Waals surface area (Å²) in [7, 11) is 4.02. The highest BCUT2D eigenvalue weighted by molar-refractivity contribution is 5.85. The van der Waals surface area contributed by atoms with Crippen molar-refractivity contribution in [1.29, 1.82) is 0 Å². The standard InChI is InChI=1S/C21H25N5O/c1-25-8-3-4-15(7-9-25)21(27)11-18-10-20-16(12-22-18)5-6-19(24-20)17-13-23-26(2)14-17/h5-6,10,12-15H,3-4,7-9,11H2,1-2H3. The van der Waals surface area contributed by atoms with Gasteiger partial charge in [-0.3, -0.25) is 14.5 Å². The van der Waals surface area contributed by atoms with Crippen LogP contribution in [0.4, 0.5) is 0 Å². The zero-order chi connectivity index (χ0) is 18.8. The number of hydrogen-bond acceptors (Lipinski definition) is 5. The van der Waals surface area contributed by atoms with Crippen LogP contribution >= 0.6 is 0 Å². The van der Waals surface area contributed by atoms with Crippen LogP contribution in [0.3, 0.4) is 0 Å². The quantitative estimate of drug-likeness (QED) is 0.713. The van der Waals surface area contributed by atoms with Crippen LogP contribution < -0.4 is 0 Å². The molecule has 4 heterocycles. The lowest BCUT2D eigenvalue weighted by atomic mass is 9.93. The number of Topliss-reactive ketones (excluding diaryl/α,β-unsaturated/α-hetero) is 1. The van der Waals surface area contributed by atoms with E-state index in [0.29, 0.717) is 12.2 Å². The van der Waals surface area contributed by atoms with E-state index in [2.05, 4.69) is 22.0 Å². The van der Waals surface area contributed by atoms with Gasteiger partial charge in [0.2, 0.25) is 0 Å². The Bertz CT molecular complexity index is 964. The van der Waals surface area contributed by atoms with Crippen LogP contribution in [0.25, 0.3) is 22.2 Å². The van der Waals surface area contributed by atoms with Crippen molar-refractivity contribution < 1.29 is 4.79 Å². The molecule has 0 bridgehead atoms. The number of aryl methyl sites for hydroxylation is 1. The molecule has 0 amide bonds. The van der Waals surface area contributed by atoms with Gasteiger partial charge in [0.15, 0.2) is 0 Å². The number of aromatic nitrogens is 4. The minimum atomic E-state index is 0.155. The molecule has 0 spiro atoms. The van der Waals surface area contributed by atoms with E-state index in [1.807, 2.05) is 43.8 Å². The highest BCUT2D eigenvalue weighted by atomic mass is 16.1. The maximum absolute atomic E-state index is 12.8. The highest BCUT2D eigenvalue weighted by Gasteiger charge is 2.22. The third-order valence-electron chi connectivity index (χ3n) is 5.39. The number of rotatable bonds is 4. The van der Waals surface area contributed by atoms with E-state index in [9.17, 15) is 4.79 Å². The molecule has 1 aliphatic rings. The van der Waals surface area contributed by atoms with Crippen LogP contribution in [-0.4, -0.2) is 50.6 Å². The number of nitrogens with zero attached hydrogens (tertiary/aromatic N) is 5. The van der Waals surface area contributed by atoms with Crippen LogP contribution in [-0.2, 0) is 18.3 Å². The summed E-state index contributed by atoms with van der Waals surface area (Å²) < 4.78 is 1.77. The van der Waals surface area contributed by atoms with Crippen molar-refractivity contribution in [2.24, 2.45) is 13.0 Å². The van der Waals surface area contributed by atoms with Gasteiger partial charge in [-0.25, -0.2) is 4.98 Å². The first-order valence-corrected chi connectivity index (χ1v) is 9.54. The number of ketones is 1. The van der Waals surface area contributed by atoms with Crippen molar-refractivity contribution in [2.75, 3.05) is 20.1 Å². The third-order valence-corrected chi connectivity index (χ3v) is 5.39. The maximum Gasteiger partial charge on any atom is 0.141 e. The molecule has 3 aromatic rings. The van der Waals surface area contributed by atoms with Crippen molar-refractivity contribution in [3.63, 3.8) is 0 Å². The molecule has 140 valence electrons. The molecule has 6 nitrogen and oxygen atoms in total. The van der Waals surface area contributed by atoms with Gasteiger partial charge in [0.05, 0.1) is 17.4 Å². The summed E-state index contributed by atoms with van der Waals surface area (Å²) in [6.45, 7) is 2.08. The van der Waals surface area contributed by atoms with Gasteiger partial charge in [-0.2, -0.15) is 5.10 Å². The smallest absolute Gasteiger partial charge is 0.141 e. The van der Waals surface area contributed by atoms with Gasteiger partial charge < -0.3 is 4.90 Å². The summed E-state index contributed by atoms with van der Waals surface area (Å²) in [6, 6.07) is 5.95. The van der Waals surface area contributed by atoms with E-state index in [0.717, 1.165) is 60.2 Å². The Morgan fingerprint density at radius 3 is 2.89 bits per heavy atom. The minimum absolute atomic E-state index is 0.155. The molecule has 0 N–H and O–H groups in total. The highest BCUT2D eigenvalue weighted by Crippen LogP contribution is 2.22. The maximum atomic E-state index is 12.8. The van der Waals surface area contributed by atoms with E-state index >= 15 is 0 Å². The largest absolute Gasteiger partial charge is 0.306 e. The monoisotopic (exact) mass is 363 g/mol. The number of pyridine rings is 2. The van der Waals surface area contributed by atoms with E-state index < -0.39 is 0 Å². The lowest BCUT2D eigenvalue weighted by molar-refractivity contribution is -0.122. The molecule has 6 heteroatoms. The van der Waals surface area contributed by atoms with Crippen LogP contribution in [0.15, 0.2) is 36.8 Å². The van der Waals surface area contributed by atoms with E-state index in [1.165, 1.54) is 0 Å². The molecule has 1 atom stereocenters. The fraction of sp³-hybridized carbons (Fsp3) is 0.429. The molecule has 0 saturated carbocycles. The fourth-order valence-electron chi connectivity index (χ4n) is 3.75. The molecule has 0 radical (unpaired) electrons. The molecule has 3 aromatic heterocycles. The Labute approximate surface area is 159 Å². The Balaban J connectivity index is 1.54. The molecule has 1 saturated heterocycles. The first-order valence-electron chi connectivity index (χ1n) is 9.54. The lowest BCUT2D eigenvalue weighted by Crippen LogP contribution is -2.21. The molecule has 27 heavy (non-hydrogen) atoms. The molecular weight excluding hydrogens is 338 g/mol. The fourth-order valence-corrected chi connectivity index (χ4v) is 3.75. The average Bonchev–Trinajstić information content (AvgIpc) is 2.98. The van der Waals surface area contributed by atoms with Gasteiger partial charge in [-0.05, 0) is 57.6 Å². The summed E-state index contributed by atoms with van der Waals surface area (Å²) >= 11 is 0. The van der Waals surface area contributed by atoms with Crippen LogP contribution in [0.1, 0.15) is 25.0 Å². The van der Waals surface area contributed by atoms with E-state index in [4.69, 9.17) is 4.98 Å². The van der Waals surface area contributed by atoms with Crippen LogP contribution in [0.2, 0.25) is 0 Å². The number of hydrogen-bond donors (Lipinski definition) is 0. The molecule has 0 aliphatic carbocycles. The second-order valence-corrected chi connectivity index (χ2v) is 7.54. The van der Waals surface area contributed by atoms with Gasteiger partial charge in [-0.15, -0.1) is 0 Å². The zero-order valence-corrected chi connectivity index (χ0v) is 15.9. The van der Waals surface area contributed by atoms with Crippen molar-refractivity contribution in [2.45, 2.75) is 25.7 Å². The number of fused-ring (bicyclic) bond motifs is 1. The zero-order valence-electron chi connectivity index (χ0n) is 15.9. The van der Waals surface area contributed by atoms with E-state index in [-0.39, 0.29) is 5.92 Å². The Hall–Kier alpha value is -2.60. The van der Waals surface area contributed by atoms with E-state index in [1.54, 1.807) is 4.68 Å². The Morgan fingerprint density at radius 2 is 2.07 bits per heavy atom. The predicted molar refractivity (Wildman–Crippen MR) is 105 cm³/mol. The summed E-state index contributed by atoms with van der Waals surface area (Å²) in [5.74, 6) is 0.461. The first kappa shape index (κ1) is 17.8. The third kappa shape index (κ3) is 4.06. The molecule has 1 aliphatic heterocycles. The second-order valence-electron chi connectivity index (χ2n) is 7.54. The van der Waals surface area contributed by atoms with Gasteiger partial charge in [0, 0.05) is 48.4 Å². The average molecular weight is 363 g/mol. The van der Waals surface area contributed by atoms with Crippen LogP contribution in [0, 0.1) is 5.92 Å². The van der Waals surface area contributed by atoms with Gasteiger partial charge in [-0.1, -0.05) is 0 Å². The van der Waals surface area contributed by atoms with Crippen molar-refractivity contribution >= 4 is 16.7 Å². The van der Waals surface area contributed by atoms with Crippen molar-refractivity contribution in [1.82, 2.24) is 24.6 Å².